The van der Waals surface area contributed by atoms with Gasteiger partial charge in [-0.1, -0.05) is 74.6 Å². The Morgan fingerprint density at radius 3 is 2.49 bits per heavy atom. The zero-order chi connectivity index (χ0) is 24.8. The molecule has 4 rings (SSSR count). The van der Waals surface area contributed by atoms with Gasteiger partial charge in [-0.25, -0.2) is 8.78 Å². The van der Waals surface area contributed by atoms with Crippen molar-refractivity contribution in [2.75, 3.05) is 0 Å². The van der Waals surface area contributed by atoms with Crippen molar-refractivity contribution in [1.82, 2.24) is 9.78 Å². The van der Waals surface area contributed by atoms with Crippen molar-refractivity contribution in [2.24, 2.45) is 11.8 Å². The number of hydrogen-bond acceptors (Lipinski definition) is 1. The SMILES string of the molecule is C=C(C)CCCC1CCC(Cn2nc(-c3ccccc3)c(C3CC=CC(F)=C3F)c2CCC)CC1. The van der Waals surface area contributed by atoms with Gasteiger partial charge in [-0.15, -0.1) is 6.58 Å². The van der Waals surface area contributed by atoms with Crippen LogP contribution in [0.1, 0.15) is 88.8 Å². The molecule has 2 aromatic rings. The molecular weight excluding hydrogens is 438 g/mol. The molecule has 0 bridgehead atoms. The second kappa shape index (κ2) is 12.0. The first kappa shape index (κ1) is 25.6. The molecule has 1 aromatic heterocycles. The molecule has 2 aliphatic carbocycles. The van der Waals surface area contributed by atoms with Crippen molar-refractivity contribution in [3.8, 4) is 11.3 Å². The van der Waals surface area contributed by atoms with Crippen LogP contribution in [-0.2, 0) is 13.0 Å². The highest BCUT2D eigenvalue weighted by Gasteiger charge is 2.32. The van der Waals surface area contributed by atoms with E-state index in [1.807, 2.05) is 30.3 Å². The summed E-state index contributed by atoms with van der Waals surface area (Å²) in [4.78, 5) is 0. The molecule has 188 valence electrons. The predicted molar refractivity (Wildman–Crippen MR) is 142 cm³/mol. The highest BCUT2D eigenvalue weighted by molar-refractivity contribution is 5.66. The zero-order valence-electron chi connectivity index (χ0n) is 21.4. The molecule has 1 aromatic carbocycles. The van der Waals surface area contributed by atoms with Crippen LogP contribution in [0.2, 0.25) is 0 Å². The summed E-state index contributed by atoms with van der Waals surface area (Å²) in [6.45, 7) is 9.16. The fourth-order valence-electron chi connectivity index (χ4n) is 5.88. The van der Waals surface area contributed by atoms with Crippen molar-refractivity contribution in [3.63, 3.8) is 0 Å². The molecule has 2 aliphatic rings. The summed E-state index contributed by atoms with van der Waals surface area (Å²) >= 11 is 0. The second-order valence-electron chi connectivity index (χ2n) is 10.6. The molecule has 1 saturated carbocycles. The molecule has 1 fully saturated rings. The van der Waals surface area contributed by atoms with E-state index in [0.717, 1.165) is 54.2 Å². The Morgan fingerprint density at radius 2 is 1.80 bits per heavy atom. The normalized spacial score (nSPS) is 22.6. The van der Waals surface area contributed by atoms with Gasteiger partial charge < -0.3 is 0 Å². The van der Waals surface area contributed by atoms with Gasteiger partial charge in [0.2, 0.25) is 0 Å². The third-order valence-corrected chi connectivity index (χ3v) is 7.76. The lowest BCUT2D eigenvalue weighted by Crippen LogP contribution is -2.21. The topological polar surface area (TPSA) is 17.8 Å². The molecule has 2 nitrogen and oxygen atoms in total. The highest BCUT2D eigenvalue weighted by atomic mass is 19.2. The summed E-state index contributed by atoms with van der Waals surface area (Å²) in [5.74, 6) is -0.598. The van der Waals surface area contributed by atoms with Gasteiger partial charge in [-0.3, -0.25) is 4.68 Å². The molecule has 35 heavy (non-hydrogen) atoms. The van der Waals surface area contributed by atoms with Crippen LogP contribution in [0.3, 0.4) is 0 Å². The van der Waals surface area contributed by atoms with Crippen LogP contribution in [0.15, 0.2) is 66.3 Å². The standard InChI is InChI=1S/C31H40F2N2/c1-4-10-28-29(26-15-9-16-27(32)30(26)33)31(25-13-6-5-7-14-25)34-35(28)21-24-19-17-23(18-20-24)12-8-11-22(2)3/h5-7,9,13-14,16,23-24,26H,2,4,8,10-12,15,17-21H2,1,3H3. The van der Waals surface area contributed by atoms with Gasteiger partial charge in [0.15, 0.2) is 5.83 Å². The van der Waals surface area contributed by atoms with E-state index in [1.165, 1.54) is 50.2 Å². The van der Waals surface area contributed by atoms with E-state index in [1.54, 1.807) is 6.08 Å². The summed E-state index contributed by atoms with van der Waals surface area (Å²) < 4.78 is 31.6. The molecule has 1 unspecified atom stereocenters. The minimum absolute atomic E-state index is 0.469. The van der Waals surface area contributed by atoms with E-state index in [2.05, 4.69) is 25.1 Å². The summed E-state index contributed by atoms with van der Waals surface area (Å²) in [5, 5.41) is 5.09. The number of allylic oxidation sites excluding steroid dienone is 5. The fourth-order valence-corrected chi connectivity index (χ4v) is 5.88. The lowest BCUT2D eigenvalue weighted by Gasteiger charge is -2.29. The maximum Gasteiger partial charge on any atom is 0.154 e. The highest BCUT2D eigenvalue weighted by Crippen LogP contribution is 2.43. The van der Waals surface area contributed by atoms with Crippen molar-refractivity contribution in [3.05, 3.63) is 77.5 Å². The molecule has 0 spiro atoms. The van der Waals surface area contributed by atoms with Crippen LogP contribution >= 0.6 is 0 Å². The first-order chi connectivity index (χ1) is 17.0. The molecule has 0 amide bonds. The van der Waals surface area contributed by atoms with Crippen LogP contribution in [0.4, 0.5) is 8.78 Å². The first-order valence-electron chi connectivity index (χ1n) is 13.5. The smallest absolute Gasteiger partial charge is 0.154 e. The molecule has 0 aliphatic heterocycles. The van der Waals surface area contributed by atoms with Crippen LogP contribution < -0.4 is 0 Å². The lowest BCUT2D eigenvalue weighted by molar-refractivity contribution is 0.233. The molecule has 1 heterocycles. The van der Waals surface area contributed by atoms with E-state index >= 15 is 4.39 Å². The van der Waals surface area contributed by atoms with Gasteiger partial charge >= 0.3 is 0 Å². The number of benzene rings is 1. The zero-order valence-corrected chi connectivity index (χ0v) is 21.4. The monoisotopic (exact) mass is 478 g/mol. The molecular formula is C31H40F2N2. The van der Waals surface area contributed by atoms with Gasteiger partial charge in [0.05, 0.1) is 5.69 Å². The van der Waals surface area contributed by atoms with E-state index < -0.39 is 17.6 Å². The maximum absolute atomic E-state index is 15.1. The Labute approximate surface area is 209 Å². The molecule has 0 radical (unpaired) electrons. The van der Waals surface area contributed by atoms with Crippen molar-refractivity contribution < 1.29 is 8.78 Å². The number of halogens is 2. The third-order valence-electron chi connectivity index (χ3n) is 7.76. The van der Waals surface area contributed by atoms with Crippen LogP contribution in [0, 0.1) is 11.8 Å². The Kier molecular flexibility index (Phi) is 8.75. The molecule has 1 atom stereocenters. The quantitative estimate of drug-likeness (QED) is 0.311. The average Bonchev–Trinajstić information content (AvgIpc) is 3.20. The Balaban J connectivity index is 1.59. The molecule has 4 heteroatoms. The number of aromatic nitrogens is 2. The second-order valence-corrected chi connectivity index (χ2v) is 10.6. The number of nitrogens with zero attached hydrogens (tertiary/aromatic N) is 2. The summed E-state index contributed by atoms with van der Waals surface area (Å²) in [5.41, 5.74) is 5.03. The maximum atomic E-state index is 15.1. The van der Waals surface area contributed by atoms with Crippen molar-refractivity contribution in [1.29, 1.82) is 0 Å². The fraction of sp³-hybridized carbons (Fsp3) is 0.516. The van der Waals surface area contributed by atoms with Gasteiger partial charge in [0, 0.05) is 29.3 Å². The lowest BCUT2D eigenvalue weighted by atomic mass is 9.79. The summed E-state index contributed by atoms with van der Waals surface area (Å²) in [6, 6.07) is 10.0. The van der Waals surface area contributed by atoms with Crippen LogP contribution in [0.25, 0.3) is 11.3 Å². The minimum Gasteiger partial charge on any atom is -0.268 e. The third kappa shape index (κ3) is 6.20. The Morgan fingerprint density at radius 1 is 1.09 bits per heavy atom. The number of rotatable bonds is 10. The van der Waals surface area contributed by atoms with E-state index in [4.69, 9.17) is 5.10 Å². The van der Waals surface area contributed by atoms with Gasteiger partial charge in [0.1, 0.15) is 5.83 Å². The first-order valence-corrected chi connectivity index (χ1v) is 13.5. The predicted octanol–water partition coefficient (Wildman–Crippen LogP) is 9.25. The largest absolute Gasteiger partial charge is 0.268 e. The molecule has 0 saturated heterocycles. The Bertz CT molecular complexity index is 1060. The van der Waals surface area contributed by atoms with Crippen molar-refractivity contribution in [2.45, 2.75) is 90.5 Å². The minimum atomic E-state index is -0.750. The van der Waals surface area contributed by atoms with Gasteiger partial charge in [-0.2, -0.15) is 5.10 Å². The van der Waals surface area contributed by atoms with Crippen molar-refractivity contribution >= 4 is 0 Å². The summed E-state index contributed by atoms with van der Waals surface area (Å²) in [7, 11) is 0. The van der Waals surface area contributed by atoms with E-state index in [9.17, 15) is 4.39 Å². The Hall–Kier alpha value is -2.49. The number of hydrogen-bond donors (Lipinski definition) is 0. The van der Waals surface area contributed by atoms with Gasteiger partial charge in [0.25, 0.3) is 0 Å². The van der Waals surface area contributed by atoms with Crippen LogP contribution in [0.5, 0.6) is 0 Å². The summed E-state index contributed by atoms with van der Waals surface area (Å²) in [6.07, 6.45) is 13.9. The van der Waals surface area contributed by atoms with Crippen LogP contribution in [-0.4, -0.2) is 9.78 Å². The van der Waals surface area contributed by atoms with E-state index in [0.29, 0.717) is 12.3 Å². The average molecular weight is 479 g/mol. The van der Waals surface area contributed by atoms with E-state index in [-0.39, 0.29) is 0 Å². The van der Waals surface area contributed by atoms with Gasteiger partial charge in [-0.05, 0) is 63.4 Å². The molecule has 0 N–H and O–H groups in total.